The Hall–Kier alpha value is -1.98. The highest BCUT2D eigenvalue weighted by molar-refractivity contribution is 8.00. The van der Waals surface area contributed by atoms with Gasteiger partial charge in [0.1, 0.15) is 28.5 Å². The van der Waals surface area contributed by atoms with Crippen molar-refractivity contribution >= 4 is 34.3 Å². The first-order valence-electron chi connectivity index (χ1n) is 8.37. The van der Waals surface area contributed by atoms with Crippen LogP contribution >= 0.6 is 23.4 Å². The lowest BCUT2D eigenvalue weighted by Gasteiger charge is -2.26. The number of aliphatic hydroxyl groups is 2. The highest BCUT2D eigenvalue weighted by Gasteiger charge is 2.47. The molecule has 3 rings (SSSR count). The zero-order valence-corrected chi connectivity index (χ0v) is 17.3. The summed E-state index contributed by atoms with van der Waals surface area (Å²) in [5.41, 5.74) is -1.32. The minimum Gasteiger partial charge on any atom is -0.393 e. The van der Waals surface area contributed by atoms with E-state index in [1.165, 1.54) is 34.6 Å². The number of benzene rings is 2. The van der Waals surface area contributed by atoms with Gasteiger partial charge in [0.25, 0.3) is 0 Å². The fraction of sp³-hybridized carbons (Fsp3) is 0.263. The van der Waals surface area contributed by atoms with E-state index in [1.54, 1.807) is 12.1 Å². The molecule has 0 radical (unpaired) electrons. The van der Waals surface area contributed by atoms with Gasteiger partial charge in [-0.1, -0.05) is 11.6 Å². The number of aliphatic hydroxyl groups excluding tert-OH is 1. The number of thioether (sulfide) groups is 1. The average molecular weight is 452 g/mol. The van der Waals surface area contributed by atoms with Crippen LogP contribution in [0.5, 0.6) is 0 Å². The smallest absolute Gasteiger partial charge is 0.142 e. The minimum absolute atomic E-state index is 0.0805. The summed E-state index contributed by atoms with van der Waals surface area (Å²) in [5, 5.41) is 37.9. The summed E-state index contributed by atoms with van der Waals surface area (Å²) in [5.74, 6) is -0.673. The third-order valence-corrected chi connectivity index (χ3v) is 7.82. The summed E-state index contributed by atoms with van der Waals surface area (Å²) in [7, 11) is -1.73. The molecule has 6 nitrogen and oxygen atoms in total. The molecular weight excluding hydrogens is 437 g/mol. The van der Waals surface area contributed by atoms with Gasteiger partial charge in [0.2, 0.25) is 0 Å². The molecule has 3 atom stereocenters. The molecule has 0 amide bonds. The first-order chi connectivity index (χ1) is 13.8. The van der Waals surface area contributed by atoms with Crippen LogP contribution in [0, 0.1) is 28.5 Å². The lowest BCUT2D eigenvalue weighted by atomic mass is 10.1. The Morgan fingerprint density at radius 3 is 2.66 bits per heavy atom. The number of halogens is 2. The maximum Gasteiger partial charge on any atom is 0.142 e. The van der Waals surface area contributed by atoms with Crippen molar-refractivity contribution in [2.45, 2.75) is 20.6 Å². The highest BCUT2D eigenvalue weighted by atomic mass is 35.5. The van der Waals surface area contributed by atoms with Gasteiger partial charge in [-0.3, -0.25) is 0 Å². The van der Waals surface area contributed by atoms with Crippen LogP contribution in [0.4, 0.5) is 4.39 Å². The summed E-state index contributed by atoms with van der Waals surface area (Å²) >= 11 is 7.27. The maximum atomic E-state index is 13.9. The molecule has 2 unspecified atom stereocenters. The largest absolute Gasteiger partial charge is 0.393 e. The lowest BCUT2D eigenvalue weighted by molar-refractivity contribution is 0.00343. The van der Waals surface area contributed by atoms with Gasteiger partial charge in [-0.15, -0.1) is 11.8 Å². The van der Waals surface area contributed by atoms with Gasteiger partial charge >= 0.3 is 0 Å². The standard InChI is InChI=1S/C19H15ClFN3O3S2/c20-15-5-12(7-22)1-4-17(15)29(27)24-9-18(19(26,10-24)11-25)28-14-3-2-13(8-23)16(21)6-14/h1-6,18,25-26H,9-11H2/t18-,19?,29?/m0/s1. The van der Waals surface area contributed by atoms with Crippen molar-refractivity contribution in [3.8, 4) is 12.1 Å². The first-order valence-corrected chi connectivity index (χ1v) is 10.7. The number of nitrogens with zero attached hydrogens (tertiary/aromatic N) is 3. The van der Waals surface area contributed by atoms with Crippen molar-refractivity contribution in [1.82, 2.24) is 4.31 Å². The van der Waals surface area contributed by atoms with Crippen LogP contribution in [0.15, 0.2) is 46.2 Å². The van der Waals surface area contributed by atoms with Crippen molar-refractivity contribution in [3.63, 3.8) is 0 Å². The van der Waals surface area contributed by atoms with Gasteiger partial charge < -0.3 is 10.2 Å². The predicted molar refractivity (Wildman–Crippen MR) is 107 cm³/mol. The summed E-state index contributed by atoms with van der Waals surface area (Å²) in [6, 6.07) is 12.2. The second-order valence-electron chi connectivity index (χ2n) is 6.45. The normalized spacial score (nSPS) is 22.8. The van der Waals surface area contributed by atoms with E-state index >= 15 is 0 Å². The maximum absolute atomic E-state index is 13.9. The van der Waals surface area contributed by atoms with E-state index in [9.17, 15) is 18.8 Å². The molecule has 29 heavy (non-hydrogen) atoms. The molecule has 1 heterocycles. The number of hydrogen-bond acceptors (Lipinski definition) is 6. The molecule has 1 aliphatic heterocycles. The monoisotopic (exact) mass is 451 g/mol. The summed E-state index contributed by atoms with van der Waals surface area (Å²) in [6.07, 6.45) is 0. The molecule has 1 fully saturated rings. The fourth-order valence-electron chi connectivity index (χ4n) is 2.93. The molecule has 2 aromatic carbocycles. The summed E-state index contributed by atoms with van der Waals surface area (Å²) in [4.78, 5) is 0.767. The van der Waals surface area contributed by atoms with Crippen LogP contribution in [-0.2, 0) is 11.0 Å². The van der Waals surface area contributed by atoms with Gasteiger partial charge in [0.15, 0.2) is 0 Å². The lowest BCUT2D eigenvalue weighted by Crippen LogP contribution is -2.43. The molecule has 2 aromatic rings. The van der Waals surface area contributed by atoms with Crippen molar-refractivity contribution in [2.75, 3.05) is 19.7 Å². The van der Waals surface area contributed by atoms with Crippen molar-refractivity contribution in [3.05, 3.63) is 58.4 Å². The van der Waals surface area contributed by atoms with E-state index in [4.69, 9.17) is 22.1 Å². The molecule has 150 valence electrons. The quantitative estimate of drug-likeness (QED) is 0.722. The van der Waals surface area contributed by atoms with E-state index in [-0.39, 0.29) is 23.7 Å². The second-order valence-corrected chi connectivity index (χ2v) is 9.59. The van der Waals surface area contributed by atoms with Crippen LogP contribution in [0.25, 0.3) is 0 Å². The van der Waals surface area contributed by atoms with Crippen molar-refractivity contribution < 1.29 is 18.8 Å². The summed E-state index contributed by atoms with van der Waals surface area (Å²) < 4.78 is 28.3. The molecule has 0 bridgehead atoms. The van der Waals surface area contributed by atoms with Gasteiger partial charge in [-0.2, -0.15) is 10.5 Å². The topological polar surface area (TPSA) is 108 Å². The third-order valence-electron chi connectivity index (χ3n) is 4.52. The molecule has 2 N–H and O–H groups in total. The highest BCUT2D eigenvalue weighted by Crippen LogP contribution is 2.38. The van der Waals surface area contributed by atoms with Gasteiger partial charge in [0, 0.05) is 18.0 Å². The van der Waals surface area contributed by atoms with E-state index in [0.717, 1.165) is 11.8 Å². The Bertz CT molecular complexity index is 1060. The van der Waals surface area contributed by atoms with Crippen molar-refractivity contribution in [2.24, 2.45) is 0 Å². The number of nitriles is 2. The third kappa shape index (κ3) is 4.46. The van der Waals surface area contributed by atoms with Crippen molar-refractivity contribution in [1.29, 1.82) is 10.5 Å². The van der Waals surface area contributed by atoms with Crippen LogP contribution in [0.3, 0.4) is 0 Å². The molecule has 0 aliphatic carbocycles. The molecule has 1 aliphatic rings. The Kier molecular flexibility index (Phi) is 6.59. The molecule has 0 spiro atoms. The SMILES string of the molecule is N#Cc1ccc(S(=O)N2C[C@H](Sc3ccc(C#N)c(F)c3)C(O)(CO)C2)c(Cl)c1. The average Bonchev–Trinajstić information content (AvgIpc) is 3.04. The zero-order valence-electron chi connectivity index (χ0n) is 14.9. The Morgan fingerprint density at radius 1 is 1.31 bits per heavy atom. The van der Waals surface area contributed by atoms with Crippen LogP contribution in [0.2, 0.25) is 5.02 Å². The zero-order chi connectivity index (χ0) is 21.2. The van der Waals surface area contributed by atoms with Crippen LogP contribution in [0.1, 0.15) is 11.1 Å². The first kappa shape index (κ1) is 21.7. The Labute approximate surface area is 178 Å². The van der Waals surface area contributed by atoms with Crippen LogP contribution < -0.4 is 0 Å². The Balaban J connectivity index is 1.82. The Morgan fingerprint density at radius 2 is 2.07 bits per heavy atom. The fourth-order valence-corrected chi connectivity index (χ4v) is 5.98. The van der Waals surface area contributed by atoms with Gasteiger partial charge in [0.05, 0.1) is 39.0 Å². The summed E-state index contributed by atoms with van der Waals surface area (Å²) in [6.45, 7) is -0.507. The molecule has 10 heteroatoms. The van der Waals surface area contributed by atoms with E-state index < -0.39 is 34.3 Å². The predicted octanol–water partition coefficient (Wildman–Crippen LogP) is 2.44. The van der Waals surface area contributed by atoms with Gasteiger partial charge in [-0.05, 0) is 36.4 Å². The van der Waals surface area contributed by atoms with Crippen LogP contribution in [-0.4, -0.2) is 49.3 Å². The molecule has 0 saturated carbocycles. The number of rotatable bonds is 5. The minimum atomic E-state index is -1.73. The molecular formula is C19H15ClFN3O3S2. The molecule has 1 saturated heterocycles. The van der Waals surface area contributed by atoms with Gasteiger partial charge in [-0.25, -0.2) is 12.9 Å². The van der Waals surface area contributed by atoms with E-state index in [2.05, 4.69) is 0 Å². The number of hydrogen-bond donors (Lipinski definition) is 2. The molecule has 0 aromatic heterocycles. The second kappa shape index (κ2) is 8.80. The number of β-amino-alcohol motifs (C(OH)–C–C–N with tert-alkyl or cyclic N) is 1. The van der Waals surface area contributed by atoms with E-state index in [0.29, 0.717) is 15.4 Å². The van der Waals surface area contributed by atoms with E-state index in [1.807, 2.05) is 6.07 Å².